The molecule has 21 heavy (non-hydrogen) atoms. The Morgan fingerprint density at radius 2 is 2.19 bits per heavy atom. The number of aliphatic carboxylic acids is 1. The first kappa shape index (κ1) is 17.8. The van der Waals surface area contributed by atoms with Gasteiger partial charge >= 0.3 is 5.97 Å². The average molecular weight is 372 g/mol. The van der Waals surface area contributed by atoms with Crippen molar-refractivity contribution in [3.8, 4) is 0 Å². The zero-order valence-electron chi connectivity index (χ0n) is 11.9. The second kappa shape index (κ2) is 8.89. The minimum atomic E-state index is -1.01. The first-order valence-corrected chi connectivity index (χ1v) is 8.59. The van der Waals surface area contributed by atoms with Crippen LogP contribution in [0.2, 0.25) is 0 Å². The Morgan fingerprint density at radius 1 is 1.48 bits per heavy atom. The maximum Gasteiger partial charge on any atom is 0.326 e. The number of halogens is 1. The number of carbonyl (C=O) groups is 2. The minimum absolute atomic E-state index is 0.407. The lowest BCUT2D eigenvalue weighted by molar-refractivity contribution is -0.141. The zero-order valence-corrected chi connectivity index (χ0v) is 14.3. The van der Waals surface area contributed by atoms with Crippen LogP contribution in [0, 0.1) is 6.92 Å². The van der Waals surface area contributed by atoms with Crippen molar-refractivity contribution < 1.29 is 14.7 Å². The molecule has 0 fully saturated rings. The molecule has 6 heteroatoms. The molecule has 1 unspecified atom stereocenters. The fourth-order valence-corrected chi connectivity index (χ4v) is 2.74. The molecule has 0 saturated carbocycles. The lowest BCUT2D eigenvalue weighted by Crippen LogP contribution is -2.40. The molecule has 2 N–H and O–H groups in total. The minimum Gasteiger partial charge on any atom is -0.480 e. The van der Waals surface area contributed by atoms with Crippen molar-refractivity contribution in [1.82, 2.24) is 5.32 Å². The standard InChI is InChI=1S/C15H18BrNO3S/c1-10-3-4-11(12(16)9-10)5-6-14(18)17-13(15(19)20)7-8-21-2/h3-6,9,13H,7-8H2,1-2H3,(H,17,18)(H,19,20)/b6-5+. The van der Waals surface area contributed by atoms with Gasteiger partial charge in [0, 0.05) is 10.5 Å². The molecule has 0 saturated heterocycles. The van der Waals surface area contributed by atoms with Crippen molar-refractivity contribution in [2.75, 3.05) is 12.0 Å². The highest BCUT2D eigenvalue weighted by Crippen LogP contribution is 2.19. The molecule has 0 aromatic heterocycles. The van der Waals surface area contributed by atoms with E-state index < -0.39 is 17.9 Å². The quantitative estimate of drug-likeness (QED) is 0.722. The van der Waals surface area contributed by atoms with E-state index in [0.29, 0.717) is 12.2 Å². The summed E-state index contributed by atoms with van der Waals surface area (Å²) in [4.78, 5) is 22.8. The number of carboxylic acid groups (broad SMARTS) is 1. The van der Waals surface area contributed by atoms with Gasteiger partial charge in [0.05, 0.1) is 0 Å². The number of amides is 1. The SMILES string of the molecule is CSCCC(NC(=O)/C=C/c1ccc(C)cc1Br)C(=O)O. The Kier molecular flexibility index (Phi) is 7.53. The van der Waals surface area contributed by atoms with Gasteiger partial charge in [0.1, 0.15) is 6.04 Å². The molecule has 1 atom stereocenters. The predicted molar refractivity (Wildman–Crippen MR) is 90.5 cm³/mol. The summed E-state index contributed by atoms with van der Waals surface area (Å²) in [7, 11) is 0. The first-order valence-electron chi connectivity index (χ1n) is 6.40. The Morgan fingerprint density at radius 3 is 2.76 bits per heavy atom. The summed E-state index contributed by atoms with van der Waals surface area (Å²) in [5.74, 6) is -0.733. The fourth-order valence-electron chi connectivity index (χ4n) is 1.65. The smallest absolute Gasteiger partial charge is 0.326 e. The van der Waals surface area contributed by atoms with Gasteiger partial charge in [-0.2, -0.15) is 11.8 Å². The van der Waals surface area contributed by atoms with Crippen molar-refractivity contribution in [2.24, 2.45) is 0 Å². The highest BCUT2D eigenvalue weighted by atomic mass is 79.9. The zero-order chi connectivity index (χ0) is 15.8. The van der Waals surface area contributed by atoms with Crippen LogP contribution in [0.1, 0.15) is 17.5 Å². The average Bonchev–Trinajstić information content (AvgIpc) is 2.42. The maximum absolute atomic E-state index is 11.8. The Bertz CT molecular complexity index is 546. The highest BCUT2D eigenvalue weighted by molar-refractivity contribution is 9.10. The van der Waals surface area contributed by atoms with Crippen molar-refractivity contribution >= 4 is 45.6 Å². The molecule has 0 aliphatic heterocycles. The number of hydrogen-bond acceptors (Lipinski definition) is 3. The Hall–Kier alpha value is -1.27. The molecule has 0 spiro atoms. The number of rotatable bonds is 7. The Balaban J connectivity index is 2.66. The van der Waals surface area contributed by atoms with E-state index in [9.17, 15) is 9.59 Å². The van der Waals surface area contributed by atoms with E-state index in [4.69, 9.17) is 5.11 Å². The van der Waals surface area contributed by atoms with Crippen LogP contribution < -0.4 is 5.32 Å². The van der Waals surface area contributed by atoms with E-state index in [1.165, 1.54) is 6.08 Å². The third-order valence-corrected chi connectivity index (χ3v) is 4.13. The third kappa shape index (κ3) is 6.35. The van der Waals surface area contributed by atoms with Gasteiger partial charge in [0.15, 0.2) is 0 Å². The van der Waals surface area contributed by atoms with Crippen molar-refractivity contribution in [1.29, 1.82) is 0 Å². The second-order valence-corrected chi connectivity index (χ2v) is 6.38. The molecule has 4 nitrogen and oxygen atoms in total. The predicted octanol–water partition coefficient (Wildman–Crippen LogP) is 3.09. The molecule has 1 amide bonds. The molecular weight excluding hydrogens is 354 g/mol. The van der Waals surface area contributed by atoms with Gasteiger partial charge in [-0.25, -0.2) is 4.79 Å². The van der Waals surface area contributed by atoms with Crippen LogP contribution in [-0.4, -0.2) is 35.0 Å². The van der Waals surface area contributed by atoms with E-state index in [1.807, 2.05) is 31.4 Å². The number of thioether (sulfide) groups is 1. The van der Waals surface area contributed by atoms with Crippen LogP contribution in [0.3, 0.4) is 0 Å². The van der Waals surface area contributed by atoms with Gasteiger partial charge in [0.25, 0.3) is 0 Å². The van der Waals surface area contributed by atoms with Crippen molar-refractivity contribution in [3.63, 3.8) is 0 Å². The van der Waals surface area contributed by atoms with Crippen LogP contribution in [0.15, 0.2) is 28.7 Å². The van der Waals surface area contributed by atoms with Crippen molar-refractivity contribution in [2.45, 2.75) is 19.4 Å². The number of carbonyl (C=O) groups excluding carboxylic acids is 1. The van der Waals surface area contributed by atoms with Crippen LogP contribution in [0.4, 0.5) is 0 Å². The van der Waals surface area contributed by atoms with Crippen molar-refractivity contribution in [3.05, 3.63) is 39.9 Å². The van der Waals surface area contributed by atoms with Crippen LogP contribution in [-0.2, 0) is 9.59 Å². The van der Waals surface area contributed by atoms with Gasteiger partial charge in [-0.1, -0.05) is 28.1 Å². The summed E-state index contributed by atoms with van der Waals surface area (Å²) in [6.07, 6.45) is 5.32. The molecule has 0 radical (unpaired) electrons. The molecule has 114 valence electrons. The maximum atomic E-state index is 11.8. The van der Waals surface area contributed by atoms with E-state index in [1.54, 1.807) is 17.8 Å². The summed E-state index contributed by atoms with van der Waals surface area (Å²) in [5, 5.41) is 11.6. The number of carboxylic acids is 1. The molecule has 1 rings (SSSR count). The third-order valence-electron chi connectivity index (χ3n) is 2.80. The van der Waals surface area contributed by atoms with Crippen LogP contribution >= 0.6 is 27.7 Å². The normalized spacial score (nSPS) is 12.3. The van der Waals surface area contributed by atoms with Crippen LogP contribution in [0.25, 0.3) is 6.08 Å². The fraction of sp³-hybridized carbons (Fsp3) is 0.333. The molecule has 1 aromatic rings. The van der Waals surface area contributed by atoms with Gasteiger partial charge in [-0.3, -0.25) is 4.79 Å². The number of nitrogens with one attached hydrogen (secondary N) is 1. The summed E-state index contributed by atoms with van der Waals surface area (Å²) >= 11 is 4.97. The van der Waals surface area contributed by atoms with Gasteiger partial charge < -0.3 is 10.4 Å². The van der Waals surface area contributed by atoms with Crippen LogP contribution in [0.5, 0.6) is 0 Å². The highest BCUT2D eigenvalue weighted by Gasteiger charge is 2.17. The number of hydrogen-bond donors (Lipinski definition) is 2. The van der Waals surface area contributed by atoms with Gasteiger partial charge in [-0.15, -0.1) is 0 Å². The lowest BCUT2D eigenvalue weighted by atomic mass is 10.1. The summed E-state index contributed by atoms with van der Waals surface area (Å²) < 4.78 is 0.892. The molecule has 1 aromatic carbocycles. The summed E-state index contributed by atoms with van der Waals surface area (Å²) in [5.41, 5.74) is 1.98. The first-order chi connectivity index (χ1) is 9.93. The largest absolute Gasteiger partial charge is 0.480 e. The van der Waals surface area contributed by atoms with E-state index in [2.05, 4.69) is 21.2 Å². The molecular formula is C15H18BrNO3S. The summed E-state index contributed by atoms with van der Waals surface area (Å²) in [6, 6.07) is 4.94. The number of benzene rings is 1. The lowest BCUT2D eigenvalue weighted by Gasteiger charge is -2.12. The van der Waals surface area contributed by atoms with E-state index >= 15 is 0 Å². The topological polar surface area (TPSA) is 66.4 Å². The monoisotopic (exact) mass is 371 g/mol. The van der Waals surface area contributed by atoms with E-state index in [-0.39, 0.29) is 0 Å². The molecule has 0 aliphatic rings. The van der Waals surface area contributed by atoms with E-state index in [0.717, 1.165) is 15.6 Å². The molecule has 0 bridgehead atoms. The summed E-state index contributed by atoms with van der Waals surface area (Å²) in [6.45, 7) is 1.98. The molecule has 0 heterocycles. The van der Waals surface area contributed by atoms with Gasteiger partial charge in [0.2, 0.25) is 5.91 Å². The number of aryl methyl sites for hydroxylation is 1. The Labute approximate surface area is 137 Å². The molecule has 0 aliphatic carbocycles. The van der Waals surface area contributed by atoms with Gasteiger partial charge in [-0.05, 0) is 48.6 Å². The second-order valence-electron chi connectivity index (χ2n) is 4.54.